The SMILES string of the molecule is CCOC(=O)N1CCC(n2ncc3c(N4CCOC[C@H]4C)nc(-c4ccc(NC(=O)Nc5ccccc5)cc4)nc32)CC1. The third kappa shape index (κ3) is 6.24. The van der Waals surface area contributed by atoms with Crippen molar-refractivity contribution in [2.75, 3.05) is 55.0 Å². The Morgan fingerprint density at radius 2 is 1.70 bits per heavy atom. The fraction of sp³-hybridized carbons (Fsp3) is 0.387. The zero-order valence-corrected chi connectivity index (χ0v) is 24.4. The fourth-order valence-corrected chi connectivity index (χ4v) is 5.59. The van der Waals surface area contributed by atoms with Crippen LogP contribution in [0.5, 0.6) is 0 Å². The highest BCUT2D eigenvalue weighted by molar-refractivity contribution is 5.99. The number of fused-ring (bicyclic) bond motifs is 1. The number of nitrogens with zero attached hydrogens (tertiary/aromatic N) is 6. The minimum atomic E-state index is -0.321. The zero-order chi connectivity index (χ0) is 29.8. The van der Waals surface area contributed by atoms with Gasteiger partial charge >= 0.3 is 12.1 Å². The number of ether oxygens (including phenoxy) is 2. The smallest absolute Gasteiger partial charge is 0.409 e. The number of para-hydroxylation sites is 1. The zero-order valence-electron chi connectivity index (χ0n) is 24.4. The number of rotatable bonds is 6. The van der Waals surface area contributed by atoms with Crippen LogP contribution in [0.1, 0.15) is 32.7 Å². The van der Waals surface area contributed by atoms with Crippen molar-refractivity contribution in [1.82, 2.24) is 24.6 Å². The first kappa shape index (κ1) is 28.4. The highest BCUT2D eigenvalue weighted by Gasteiger charge is 2.29. The van der Waals surface area contributed by atoms with Crippen LogP contribution in [0.25, 0.3) is 22.4 Å². The monoisotopic (exact) mass is 584 g/mol. The average molecular weight is 585 g/mol. The number of hydrogen-bond acceptors (Lipinski definition) is 8. The van der Waals surface area contributed by atoms with Crippen LogP contribution < -0.4 is 15.5 Å². The Balaban J connectivity index is 1.28. The summed E-state index contributed by atoms with van der Waals surface area (Å²) >= 11 is 0. The molecule has 43 heavy (non-hydrogen) atoms. The molecule has 3 amide bonds. The molecule has 0 unspecified atom stereocenters. The predicted molar refractivity (Wildman–Crippen MR) is 164 cm³/mol. The predicted octanol–water partition coefficient (Wildman–Crippen LogP) is 5.16. The summed E-state index contributed by atoms with van der Waals surface area (Å²) in [4.78, 5) is 38.8. The number of hydrogen-bond donors (Lipinski definition) is 2. The van der Waals surface area contributed by atoms with Crippen LogP contribution in [0.2, 0.25) is 0 Å². The van der Waals surface area contributed by atoms with E-state index in [4.69, 9.17) is 24.5 Å². The molecule has 0 bridgehead atoms. The number of likely N-dealkylation sites (tertiary alicyclic amines) is 1. The van der Waals surface area contributed by atoms with Crippen LogP contribution in [0.4, 0.5) is 26.8 Å². The Kier molecular flexibility index (Phi) is 8.36. The molecule has 0 aliphatic carbocycles. The molecule has 0 saturated carbocycles. The summed E-state index contributed by atoms with van der Waals surface area (Å²) in [6.07, 6.45) is 3.09. The molecule has 2 aliphatic heterocycles. The average Bonchev–Trinajstić information content (AvgIpc) is 3.46. The molecule has 2 aliphatic rings. The molecular weight excluding hydrogens is 548 g/mol. The summed E-state index contributed by atoms with van der Waals surface area (Å²) in [6, 6.07) is 16.7. The number of aromatic nitrogens is 4. The first-order chi connectivity index (χ1) is 21.0. The molecule has 0 spiro atoms. The van der Waals surface area contributed by atoms with E-state index < -0.39 is 0 Å². The number of morpholine rings is 1. The third-order valence-corrected chi connectivity index (χ3v) is 7.84. The fourth-order valence-electron chi connectivity index (χ4n) is 5.59. The van der Waals surface area contributed by atoms with Crippen molar-refractivity contribution in [1.29, 1.82) is 0 Å². The van der Waals surface area contributed by atoms with Crippen molar-refractivity contribution in [3.05, 3.63) is 60.8 Å². The van der Waals surface area contributed by atoms with E-state index in [1.165, 1.54) is 0 Å². The van der Waals surface area contributed by atoms with Gasteiger partial charge in [-0.2, -0.15) is 5.10 Å². The van der Waals surface area contributed by atoms with Crippen molar-refractivity contribution >= 4 is 40.4 Å². The van der Waals surface area contributed by atoms with Crippen LogP contribution >= 0.6 is 0 Å². The molecule has 1 atom stereocenters. The van der Waals surface area contributed by atoms with Gasteiger partial charge in [-0.05, 0) is 63.1 Å². The summed E-state index contributed by atoms with van der Waals surface area (Å²) in [5, 5.41) is 11.4. The number of carbonyl (C=O) groups excluding carboxylic acids is 2. The largest absolute Gasteiger partial charge is 0.450 e. The maximum atomic E-state index is 12.5. The molecule has 6 rings (SSSR count). The lowest BCUT2D eigenvalue weighted by molar-refractivity contribution is 0.0919. The van der Waals surface area contributed by atoms with Crippen molar-refractivity contribution < 1.29 is 19.1 Å². The second kappa shape index (κ2) is 12.7. The van der Waals surface area contributed by atoms with E-state index in [0.29, 0.717) is 50.1 Å². The number of piperidine rings is 1. The van der Waals surface area contributed by atoms with Gasteiger partial charge in [0.2, 0.25) is 0 Å². The van der Waals surface area contributed by atoms with Gasteiger partial charge in [0.1, 0.15) is 5.82 Å². The third-order valence-electron chi connectivity index (χ3n) is 7.84. The van der Waals surface area contributed by atoms with E-state index in [9.17, 15) is 9.59 Å². The van der Waals surface area contributed by atoms with E-state index in [1.54, 1.807) is 4.90 Å². The molecule has 2 saturated heterocycles. The van der Waals surface area contributed by atoms with E-state index in [-0.39, 0.29) is 24.2 Å². The van der Waals surface area contributed by atoms with E-state index in [0.717, 1.165) is 41.8 Å². The van der Waals surface area contributed by atoms with Gasteiger partial charge in [0, 0.05) is 36.6 Å². The van der Waals surface area contributed by atoms with Crippen molar-refractivity contribution in [3.8, 4) is 11.4 Å². The topological polar surface area (TPSA) is 127 Å². The first-order valence-corrected chi connectivity index (χ1v) is 14.7. The van der Waals surface area contributed by atoms with Gasteiger partial charge in [-0.15, -0.1) is 0 Å². The second-order valence-corrected chi connectivity index (χ2v) is 10.8. The number of nitrogens with one attached hydrogen (secondary N) is 2. The summed E-state index contributed by atoms with van der Waals surface area (Å²) in [7, 11) is 0. The quantitative estimate of drug-likeness (QED) is 0.318. The Bertz CT molecular complexity index is 1570. The van der Waals surface area contributed by atoms with Gasteiger partial charge in [-0.1, -0.05) is 18.2 Å². The molecule has 4 aromatic rings. The maximum absolute atomic E-state index is 12.5. The highest BCUT2D eigenvalue weighted by atomic mass is 16.6. The number of urea groups is 1. The Labute approximate surface area is 250 Å². The summed E-state index contributed by atoms with van der Waals surface area (Å²) < 4.78 is 12.9. The lowest BCUT2D eigenvalue weighted by Crippen LogP contribution is -2.44. The van der Waals surface area contributed by atoms with Crippen LogP contribution in [-0.4, -0.2) is 82.3 Å². The minimum Gasteiger partial charge on any atom is -0.450 e. The van der Waals surface area contributed by atoms with Gasteiger partial charge in [0.25, 0.3) is 0 Å². The van der Waals surface area contributed by atoms with Gasteiger partial charge < -0.3 is 29.9 Å². The van der Waals surface area contributed by atoms with Crippen LogP contribution in [-0.2, 0) is 9.47 Å². The highest BCUT2D eigenvalue weighted by Crippen LogP contribution is 2.33. The van der Waals surface area contributed by atoms with Gasteiger partial charge in [-0.3, -0.25) is 0 Å². The molecular formula is C31H36N8O4. The Hall–Kier alpha value is -4.71. The normalized spacial score (nSPS) is 17.6. The summed E-state index contributed by atoms with van der Waals surface area (Å²) in [6.45, 7) is 7.47. The van der Waals surface area contributed by atoms with Gasteiger partial charge in [0.05, 0.1) is 43.5 Å². The first-order valence-electron chi connectivity index (χ1n) is 14.7. The van der Waals surface area contributed by atoms with Gasteiger partial charge in [0.15, 0.2) is 11.5 Å². The standard InChI is InChI=1S/C31H36N8O4/c1-3-43-31(41)37-15-13-25(14-16-37)39-29-26(19-32-39)28(38-17-18-42-20-21(38)2)35-27(36-29)22-9-11-24(12-10-22)34-30(40)33-23-7-5-4-6-8-23/h4-12,19,21,25H,3,13-18,20H2,1-2H3,(H2,33,34,40)/t21-/m1/s1. The summed E-state index contributed by atoms with van der Waals surface area (Å²) in [5.74, 6) is 1.41. The Morgan fingerprint density at radius 1 is 0.977 bits per heavy atom. The lowest BCUT2D eigenvalue weighted by atomic mass is 10.1. The molecule has 2 N–H and O–H groups in total. The second-order valence-electron chi connectivity index (χ2n) is 10.8. The molecule has 0 radical (unpaired) electrons. The minimum absolute atomic E-state index is 0.0931. The number of anilines is 3. The van der Waals surface area contributed by atoms with E-state index in [1.807, 2.05) is 72.4 Å². The molecule has 2 aromatic carbocycles. The molecule has 12 nitrogen and oxygen atoms in total. The van der Waals surface area contributed by atoms with Gasteiger partial charge in [-0.25, -0.2) is 24.2 Å². The lowest BCUT2D eigenvalue weighted by Gasteiger charge is -2.34. The van der Waals surface area contributed by atoms with Crippen LogP contribution in [0.15, 0.2) is 60.8 Å². The van der Waals surface area contributed by atoms with Crippen molar-refractivity contribution in [3.63, 3.8) is 0 Å². The van der Waals surface area contributed by atoms with Crippen LogP contribution in [0, 0.1) is 0 Å². The number of benzene rings is 2. The Morgan fingerprint density at radius 3 is 2.40 bits per heavy atom. The molecule has 4 heterocycles. The van der Waals surface area contributed by atoms with Crippen molar-refractivity contribution in [2.24, 2.45) is 0 Å². The molecule has 2 aromatic heterocycles. The molecule has 12 heteroatoms. The van der Waals surface area contributed by atoms with E-state index in [2.05, 4.69) is 22.5 Å². The summed E-state index contributed by atoms with van der Waals surface area (Å²) in [5.41, 5.74) is 2.95. The van der Waals surface area contributed by atoms with E-state index >= 15 is 0 Å². The van der Waals surface area contributed by atoms with Crippen molar-refractivity contribution in [2.45, 2.75) is 38.8 Å². The number of carbonyl (C=O) groups is 2. The van der Waals surface area contributed by atoms with Crippen LogP contribution in [0.3, 0.4) is 0 Å². The molecule has 224 valence electrons. The molecule has 2 fully saturated rings. The number of amides is 3. The maximum Gasteiger partial charge on any atom is 0.409 e.